The number of carbonyl (C=O) groups is 1. The van der Waals surface area contributed by atoms with Crippen molar-refractivity contribution in [2.75, 3.05) is 0 Å². The van der Waals surface area contributed by atoms with Gasteiger partial charge in [-0.05, 0) is 67.9 Å². The normalized spacial score (nSPS) is 19.0. The number of benzene rings is 1. The number of pyridine rings is 1. The number of fused-ring (bicyclic) bond motifs is 2. The molecule has 144 valence electrons. The molecule has 1 aromatic carbocycles. The van der Waals surface area contributed by atoms with Gasteiger partial charge in [-0.3, -0.25) is 4.79 Å². The standard InChI is InChI=1S/C22H21NO4S/c1-11-13(19-9-15-17(24)3-2-4-18(15)28-19)7-8-14-20(11)23(12-5-6-12)10-16(21(14)25)22(26)27/h7-10,12,17,24H,2-6H2,1H3,(H,26,27). The molecule has 0 spiro atoms. The highest BCUT2D eigenvalue weighted by atomic mass is 32.1. The fourth-order valence-corrected chi connectivity index (χ4v) is 5.69. The van der Waals surface area contributed by atoms with Crippen molar-refractivity contribution >= 4 is 28.2 Å². The van der Waals surface area contributed by atoms with Crippen LogP contribution in [-0.4, -0.2) is 20.7 Å². The minimum Gasteiger partial charge on any atom is -0.477 e. The van der Waals surface area contributed by atoms with Crippen LogP contribution < -0.4 is 5.43 Å². The summed E-state index contributed by atoms with van der Waals surface area (Å²) in [5, 5.41) is 20.2. The number of aliphatic hydroxyl groups is 1. The first-order valence-electron chi connectivity index (χ1n) is 9.68. The van der Waals surface area contributed by atoms with E-state index in [-0.39, 0.29) is 11.6 Å². The molecule has 0 aliphatic heterocycles. The summed E-state index contributed by atoms with van der Waals surface area (Å²) in [6.45, 7) is 2.01. The van der Waals surface area contributed by atoms with Gasteiger partial charge in [0.25, 0.3) is 0 Å². The molecule has 6 heteroatoms. The summed E-state index contributed by atoms with van der Waals surface area (Å²) in [6, 6.07) is 6.03. The van der Waals surface area contributed by atoms with Gasteiger partial charge < -0.3 is 14.8 Å². The van der Waals surface area contributed by atoms with Crippen molar-refractivity contribution in [3.63, 3.8) is 0 Å². The quantitative estimate of drug-likeness (QED) is 0.687. The average Bonchev–Trinajstić information content (AvgIpc) is 3.41. The molecule has 3 aromatic rings. The van der Waals surface area contributed by atoms with E-state index >= 15 is 0 Å². The lowest BCUT2D eigenvalue weighted by Crippen LogP contribution is -2.19. The molecule has 2 heterocycles. The fraction of sp³-hybridized carbons (Fsp3) is 0.364. The number of carboxylic acids is 1. The van der Waals surface area contributed by atoms with Crippen molar-refractivity contribution < 1.29 is 15.0 Å². The summed E-state index contributed by atoms with van der Waals surface area (Å²) in [4.78, 5) is 26.6. The van der Waals surface area contributed by atoms with Crippen molar-refractivity contribution in [3.8, 4) is 10.4 Å². The largest absolute Gasteiger partial charge is 0.477 e. The number of aromatic nitrogens is 1. The van der Waals surface area contributed by atoms with Crippen LogP contribution in [0, 0.1) is 6.92 Å². The Kier molecular flexibility index (Phi) is 3.96. The van der Waals surface area contributed by atoms with Crippen LogP contribution in [0.15, 0.2) is 29.2 Å². The van der Waals surface area contributed by atoms with Gasteiger partial charge in [0, 0.05) is 27.4 Å². The molecule has 5 nitrogen and oxygen atoms in total. The zero-order chi connectivity index (χ0) is 19.6. The van der Waals surface area contributed by atoms with E-state index in [0.29, 0.717) is 5.39 Å². The van der Waals surface area contributed by atoms with Crippen molar-refractivity contribution in [2.45, 2.75) is 51.2 Å². The highest BCUT2D eigenvalue weighted by molar-refractivity contribution is 7.15. The van der Waals surface area contributed by atoms with Gasteiger partial charge in [-0.2, -0.15) is 0 Å². The van der Waals surface area contributed by atoms with Gasteiger partial charge in [-0.15, -0.1) is 11.3 Å². The number of hydrogen-bond donors (Lipinski definition) is 2. The second-order valence-electron chi connectivity index (χ2n) is 7.85. The average molecular weight is 395 g/mol. The molecular weight excluding hydrogens is 374 g/mol. The Labute approximate surface area is 165 Å². The number of aliphatic hydroxyl groups excluding tert-OH is 1. The lowest BCUT2D eigenvalue weighted by atomic mass is 9.95. The van der Waals surface area contributed by atoms with E-state index in [9.17, 15) is 19.8 Å². The molecule has 2 N–H and O–H groups in total. The predicted octanol–water partition coefficient (Wildman–Crippen LogP) is 4.44. The minimum absolute atomic E-state index is 0.165. The lowest BCUT2D eigenvalue weighted by molar-refractivity contribution is 0.0695. The fourth-order valence-electron chi connectivity index (χ4n) is 4.35. The third kappa shape index (κ3) is 2.63. The van der Waals surface area contributed by atoms with Crippen LogP contribution in [0.1, 0.15) is 64.2 Å². The van der Waals surface area contributed by atoms with Gasteiger partial charge >= 0.3 is 5.97 Å². The maximum absolute atomic E-state index is 12.7. The zero-order valence-electron chi connectivity index (χ0n) is 15.6. The second kappa shape index (κ2) is 6.29. The van der Waals surface area contributed by atoms with Crippen LogP contribution >= 0.6 is 11.3 Å². The van der Waals surface area contributed by atoms with Gasteiger partial charge in [-0.25, -0.2) is 4.79 Å². The summed E-state index contributed by atoms with van der Waals surface area (Å²) in [5.74, 6) is -1.18. The maximum Gasteiger partial charge on any atom is 0.341 e. The Balaban J connectivity index is 1.76. The molecule has 2 aliphatic carbocycles. The Morgan fingerprint density at radius 3 is 2.71 bits per heavy atom. The monoisotopic (exact) mass is 395 g/mol. The van der Waals surface area contributed by atoms with Gasteiger partial charge in [0.05, 0.1) is 11.6 Å². The van der Waals surface area contributed by atoms with E-state index in [2.05, 4.69) is 6.07 Å². The van der Waals surface area contributed by atoms with Crippen LogP contribution in [0.5, 0.6) is 0 Å². The number of carboxylic acid groups (broad SMARTS) is 1. The molecule has 0 saturated heterocycles. The zero-order valence-corrected chi connectivity index (χ0v) is 16.4. The number of aromatic carboxylic acids is 1. The summed E-state index contributed by atoms with van der Waals surface area (Å²) < 4.78 is 1.99. The summed E-state index contributed by atoms with van der Waals surface area (Å²) in [5.41, 5.74) is 3.33. The van der Waals surface area contributed by atoms with E-state index in [4.69, 9.17) is 0 Å². The van der Waals surface area contributed by atoms with E-state index in [1.165, 1.54) is 11.1 Å². The Morgan fingerprint density at radius 1 is 1.25 bits per heavy atom. The van der Waals surface area contributed by atoms with Crippen LogP contribution in [0.25, 0.3) is 21.3 Å². The van der Waals surface area contributed by atoms with Crippen molar-refractivity contribution in [1.82, 2.24) is 4.57 Å². The first-order chi connectivity index (χ1) is 13.5. The van der Waals surface area contributed by atoms with Crippen molar-refractivity contribution in [1.29, 1.82) is 0 Å². The lowest BCUT2D eigenvalue weighted by Gasteiger charge is -2.16. The molecule has 5 rings (SSSR count). The van der Waals surface area contributed by atoms with Crippen molar-refractivity contribution in [3.05, 3.63) is 56.2 Å². The third-order valence-electron chi connectivity index (χ3n) is 5.96. The van der Waals surface area contributed by atoms with Gasteiger partial charge in [0.1, 0.15) is 5.56 Å². The maximum atomic E-state index is 12.7. The molecule has 1 fully saturated rings. The smallest absolute Gasteiger partial charge is 0.341 e. The molecule has 0 amide bonds. The SMILES string of the molecule is Cc1c(-c2cc3c(s2)CCCC3O)ccc2c(=O)c(C(=O)O)cn(C3CC3)c12. The van der Waals surface area contributed by atoms with Gasteiger partial charge in [0.15, 0.2) is 0 Å². The molecule has 2 aromatic heterocycles. The van der Waals surface area contributed by atoms with Crippen LogP contribution in [-0.2, 0) is 6.42 Å². The van der Waals surface area contributed by atoms with E-state index in [1.54, 1.807) is 17.4 Å². The molecule has 0 bridgehead atoms. The highest BCUT2D eigenvalue weighted by Crippen LogP contribution is 2.43. The predicted molar refractivity (Wildman–Crippen MR) is 109 cm³/mol. The molecule has 28 heavy (non-hydrogen) atoms. The van der Waals surface area contributed by atoms with E-state index in [1.807, 2.05) is 17.6 Å². The molecule has 0 radical (unpaired) electrons. The number of aryl methyl sites for hydroxylation is 2. The number of thiophene rings is 1. The van der Waals surface area contributed by atoms with E-state index < -0.39 is 17.5 Å². The molecular formula is C22H21NO4S. The topological polar surface area (TPSA) is 79.5 Å². The number of rotatable bonds is 3. The Hall–Kier alpha value is -2.44. The first-order valence-corrected chi connectivity index (χ1v) is 10.5. The van der Waals surface area contributed by atoms with Crippen LogP contribution in [0.4, 0.5) is 0 Å². The van der Waals surface area contributed by atoms with Crippen LogP contribution in [0.2, 0.25) is 0 Å². The summed E-state index contributed by atoms with van der Waals surface area (Å²) in [6.07, 6.45) is 5.93. The van der Waals surface area contributed by atoms with Gasteiger partial charge in [-0.1, -0.05) is 6.07 Å². The number of hydrogen-bond acceptors (Lipinski definition) is 4. The second-order valence-corrected chi connectivity index (χ2v) is 8.98. The molecule has 1 saturated carbocycles. The Morgan fingerprint density at radius 2 is 2.04 bits per heavy atom. The van der Waals surface area contributed by atoms with E-state index in [0.717, 1.165) is 59.2 Å². The first kappa shape index (κ1) is 17.6. The number of nitrogens with zero attached hydrogens (tertiary/aromatic N) is 1. The summed E-state index contributed by atoms with van der Waals surface area (Å²) in [7, 11) is 0. The Bertz CT molecular complexity index is 1190. The third-order valence-corrected chi connectivity index (χ3v) is 7.21. The molecule has 2 aliphatic rings. The molecule has 1 atom stereocenters. The summed E-state index contributed by atoms with van der Waals surface area (Å²) >= 11 is 1.72. The highest BCUT2D eigenvalue weighted by Gasteiger charge is 2.28. The van der Waals surface area contributed by atoms with Crippen molar-refractivity contribution in [2.24, 2.45) is 0 Å². The van der Waals surface area contributed by atoms with Gasteiger partial charge in [0.2, 0.25) is 5.43 Å². The minimum atomic E-state index is -1.18. The van der Waals surface area contributed by atoms with Crippen LogP contribution in [0.3, 0.4) is 0 Å². The molecule has 1 unspecified atom stereocenters.